The van der Waals surface area contributed by atoms with Crippen LogP contribution in [0.25, 0.3) is 16.6 Å². The van der Waals surface area contributed by atoms with E-state index in [1.165, 1.54) is 0 Å². The molecule has 0 aliphatic rings. The molecule has 0 radical (unpaired) electrons. The fourth-order valence-electron chi connectivity index (χ4n) is 2.50. The van der Waals surface area contributed by atoms with Crippen LogP contribution in [-0.2, 0) is 0 Å². The summed E-state index contributed by atoms with van der Waals surface area (Å²) in [5.74, 6) is -0.269. The van der Waals surface area contributed by atoms with Gasteiger partial charge in [-0.2, -0.15) is 0 Å². The normalized spacial score (nSPS) is 12.5. The lowest BCUT2D eigenvalue weighted by atomic mass is 10.1. The third-order valence-corrected chi connectivity index (χ3v) is 4.18. The van der Waals surface area contributed by atoms with E-state index < -0.39 is 6.10 Å². The Kier molecular flexibility index (Phi) is 4.76. The highest BCUT2D eigenvalue weighted by atomic mass is 16.3. The number of nitrogens with one attached hydrogen (secondary N) is 1. The summed E-state index contributed by atoms with van der Waals surface area (Å²) in [7, 11) is 0. The minimum Gasteiger partial charge on any atom is -0.391 e. The van der Waals surface area contributed by atoms with E-state index >= 15 is 0 Å². The largest absolute Gasteiger partial charge is 0.391 e. The van der Waals surface area contributed by atoms with Crippen molar-refractivity contribution in [2.45, 2.75) is 26.9 Å². The van der Waals surface area contributed by atoms with Gasteiger partial charge in [-0.05, 0) is 37.1 Å². The molecule has 3 aromatic rings. The second-order valence-corrected chi connectivity index (χ2v) is 6.34. The molecule has 1 aromatic carbocycles. The first-order valence-electron chi connectivity index (χ1n) is 8.21. The molecule has 3 rings (SSSR count). The molecule has 1 atom stereocenters. The predicted octanol–water partition coefficient (Wildman–Crippen LogP) is 1.87. The van der Waals surface area contributed by atoms with Crippen molar-refractivity contribution in [1.29, 1.82) is 0 Å². The van der Waals surface area contributed by atoms with Gasteiger partial charge in [0.2, 0.25) is 0 Å². The number of fused-ring (bicyclic) bond motifs is 1. The summed E-state index contributed by atoms with van der Waals surface area (Å²) in [5.41, 5.74) is 2.60. The molecule has 0 aliphatic heterocycles. The molecular weight excluding hydrogens is 318 g/mol. The lowest BCUT2D eigenvalue weighted by Gasteiger charge is -2.14. The Bertz CT molecular complexity index is 903. The average Bonchev–Trinajstić information content (AvgIpc) is 3.00. The molecule has 1 unspecified atom stereocenters. The number of aliphatic hydroxyl groups is 1. The van der Waals surface area contributed by atoms with Gasteiger partial charge in [-0.1, -0.05) is 25.1 Å². The van der Waals surface area contributed by atoms with Crippen LogP contribution in [0, 0.1) is 12.8 Å². The maximum absolute atomic E-state index is 12.3. The van der Waals surface area contributed by atoms with Gasteiger partial charge < -0.3 is 10.4 Å². The van der Waals surface area contributed by atoms with Gasteiger partial charge in [0.1, 0.15) is 0 Å². The molecule has 0 aliphatic carbocycles. The molecule has 1 amide bonds. The van der Waals surface area contributed by atoms with E-state index in [2.05, 4.69) is 20.6 Å². The van der Waals surface area contributed by atoms with Crippen molar-refractivity contribution >= 4 is 16.8 Å². The van der Waals surface area contributed by atoms with Gasteiger partial charge in [0.15, 0.2) is 5.69 Å². The first-order valence-corrected chi connectivity index (χ1v) is 8.21. The zero-order valence-corrected chi connectivity index (χ0v) is 14.5. The molecule has 2 heterocycles. The van der Waals surface area contributed by atoms with Crippen LogP contribution in [0.5, 0.6) is 0 Å². The molecule has 7 heteroatoms. The first kappa shape index (κ1) is 17.0. The van der Waals surface area contributed by atoms with Crippen molar-refractivity contribution in [3.63, 3.8) is 0 Å². The van der Waals surface area contributed by atoms with Crippen LogP contribution in [0.4, 0.5) is 0 Å². The molecule has 0 saturated carbocycles. The number of hydrogen-bond acceptors (Lipinski definition) is 5. The minimum atomic E-state index is -0.590. The molecule has 0 saturated heterocycles. The maximum atomic E-state index is 12.3. The van der Waals surface area contributed by atoms with Crippen molar-refractivity contribution in [3.8, 4) is 5.69 Å². The fourth-order valence-corrected chi connectivity index (χ4v) is 2.50. The summed E-state index contributed by atoms with van der Waals surface area (Å²) in [6.45, 7) is 5.77. The summed E-state index contributed by atoms with van der Waals surface area (Å²) in [6.07, 6.45) is 1.16. The smallest absolute Gasteiger partial charge is 0.273 e. The highest BCUT2D eigenvalue weighted by molar-refractivity contribution is 5.93. The Morgan fingerprint density at radius 1 is 1.32 bits per heavy atom. The number of amides is 1. The van der Waals surface area contributed by atoms with E-state index in [1.807, 2.05) is 44.2 Å². The Labute approximate surface area is 145 Å². The molecular formula is C18H21N5O2. The topological polar surface area (TPSA) is 92.9 Å². The number of aromatic nitrogens is 4. The monoisotopic (exact) mass is 339 g/mol. The van der Waals surface area contributed by atoms with Crippen molar-refractivity contribution in [2.24, 2.45) is 5.92 Å². The molecule has 0 bridgehead atoms. The van der Waals surface area contributed by atoms with E-state index in [4.69, 9.17) is 0 Å². The zero-order valence-electron chi connectivity index (χ0n) is 14.5. The Hall–Kier alpha value is -2.80. The summed E-state index contributed by atoms with van der Waals surface area (Å²) >= 11 is 0. The number of nitrogens with zero attached hydrogens (tertiary/aromatic N) is 4. The van der Waals surface area contributed by atoms with Crippen molar-refractivity contribution in [2.75, 3.05) is 6.54 Å². The third kappa shape index (κ3) is 3.51. The molecule has 130 valence electrons. The summed E-state index contributed by atoms with van der Waals surface area (Å²) in [6, 6.07) is 9.60. The molecule has 2 N–H and O–H groups in total. The predicted molar refractivity (Wildman–Crippen MR) is 94.6 cm³/mol. The van der Waals surface area contributed by atoms with Crippen LogP contribution < -0.4 is 5.32 Å². The molecule has 7 nitrogen and oxygen atoms in total. The quantitative estimate of drug-likeness (QED) is 0.740. The summed E-state index contributed by atoms with van der Waals surface area (Å²) in [5, 5.41) is 21.6. The highest BCUT2D eigenvalue weighted by Crippen LogP contribution is 2.18. The number of pyridine rings is 1. The van der Waals surface area contributed by atoms with E-state index in [0.717, 1.165) is 16.6 Å². The Balaban J connectivity index is 1.83. The molecule has 0 spiro atoms. The van der Waals surface area contributed by atoms with E-state index in [-0.39, 0.29) is 24.1 Å². The maximum Gasteiger partial charge on any atom is 0.273 e. The second-order valence-electron chi connectivity index (χ2n) is 6.34. The van der Waals surface area contributed by atoms with Crippen molar-refractivity contribution in [1.82, 2.24) is 25.3 Å². The average molecular weight is 339 g/mol. The first-order chi connectivity index (χ1) is 12.0. The van der Waals surface area contributed by atoms with Crippen LogP contribution >= 0.6 is 0 Å². The zero-order chi connectivity index (χ0) is 18.0. The second kappa shape index (κ2) is 6.98. The lowest BCUT2D eigenvalue weighted by Crippen LogP contribution is -2.35. The fraction of sp³-hybridized carbons (Fsp3) is 0.333. The SMILES string of the molecule is Cc1c(C(=O)NCC(O)C(C)C)nnn1-c1ccc2ncccc2c1. The molecule has 2 aromatic heterocycles. The summed E-state index contributed by atoms with van der Waals surface area (Å²) in [4.78, 5) is 16.6. The molecule has 25 heavy (non-hydrogen) atoms. The van der Waals surface area contributed by atoms with E-state index in [9.17, 15) is 9.90 Å². The van der Waals surface area contributed by atoms with Crippen LogP contribution in [0.3, 0.4) is 0 Å². The van der Waals surface area contributed by atoms with E-state index in [1.54, 1.807) is 17.8 Å². The van der Waals surface area contributed by atoms with Gasteiger partial charge in [0, 0.05) is 18.1 Å². The number of carbonyl (C=O) groups excluding carboxylic acids is 1. The minimum absolute atomic E-state index is 0.0725. The number of rotatable bonds is 5. The standard InChI is InChI=1S/C18H21N5O2/c1-11(2)16(24)10-20-18(25)17-12(3)23(22-21-17)14-6-7-15-13(9-14)5-4-8-19-15/h4-9,11,16,24H,10H2,1-3H3,(H,20,25). The van der Waals surface area contributed by atoms with Crippen LogP contribution in [0.2, 0.25) is 0 Å². The summed E-state index contributed by atoms with van der Waals surface area (Å²) < 4.78 is 1.63. The molecule has 0 fully saturated rings. The van der Waals surface area contributed by atoms with Gasteiger partial charge >= 0.3 is 0 Å². The number of benzene rings is 1. The number of hydrogen-bond donors (Lipinski definition) is 2. The highest BCUT2D eigenvalue weighted by Gasteiger charge is 2.19. The van der Waals surface area contributed by atoms with Gasteiger partial charge in [0.05, 0.1) is 23.0 Å². The number of carbonyl (C=O) groups is 1. The van der Waals surface area contributed by atoms with Gasteiger partial charge in [-0.25, -0.2) is 4.68 Å². The van der Waals surface area contributed by atoms with Crippen LogP contribution in [-0.4, -0.2) is 43.6 Å². The van der Waals surface area contributed by atoms with Gasteiger partial charge in [0.25, 0.3) is 5.91 Å². The number of aliphatic hydroxyl groups excluding tert-OH is 1. The van der Waals surface area contributed by atoms with Gasteiger partial charge in [-0.3, -0.25) is 9.78 Å². The van der Waals surface area contributed by atoms with Crippen molar-refractivity contribution in [3.05, 3.63) is 47.9 Å². The van der Waals surface area contributed by atoms with Crippen molar-refractivity contribution < 1.29 is 9.90 Å². The Morgan fingerprint density at radius 2 is 2.12 bits per heavy atom. The lowest BCUT2D eigenvalue weighted by molar-refractivity contribution is 0.0866. The van der Waals surface area contributed by atoms with Gasteiger partial charge in [-0.15, -0.1) is 5.10 Å². The van der Waals surface area contributed by atoms with Crippen LogP contribution in [0.1, 0.15) is 30.0 Å². The Morgan fingerprint density at radius 3 is 2.88 bits per heavy atom. The third-order valence-electron chi connectivity index (χ3n) is 4.18. The van der Waals surface area contributed by atoms with E-state index in [0.29, 0.717) is 5.69 Å². The van der Waals surface area contributed by atoms with Crippen LogP contribution in [0.15, 0.2) is 36.5 Å².